The van der Waals surface area contributed by atoms with Crippen LogP contribution in [0.4, 0.5) is 17.1 Å². The van der Waals surface area contributed by atoms with Gasteiger partial charge in [-0.2, -0.15) is 0 Å². The number of fused-ring (bicyclic) bond motifs is 2. The predicted octanol–water partition coefficient (Wildman–Crippen LogP) is 6.48. The first-order valence-electron chi connectivity index (χ1n) is 13.1. The van der Waals surface area contributed by atoms with Gasteiger partial charge < -0.3 is 10.2 Å². The van der Waals surface area contributed by atoms with Gasteiger partial charge in [-0.15, -0.1) is 0 Å². The first kappa shape index (κ1) is 30.0. The molecule has 1 fully saturated rings. The van der Waals surface area contributed by atoms with E-state index in [0.717, 1.165) is 27.1 Å². The Hall–Kier alpha value is -3.09. The van der Waals surface area contributed by atoms with Gasteiger partial charge in [0.2, 0.25) is 17.7 Å². The van der Waals surface area contributed by atoms with Gasteiger partial charge >= 0.3 is 4.87 Å². The quantitative estimate of drug-likeness (QED) is 0.230. The van der Waals surface area contributed by atoms with Crippen molar-refractivity contribution in [3.63, 3.8) is 0 Å². The number of benzene rings is 3. The first-order valence-corrected chi connectivity index (χ1v) is 16.3. The maximum absolute atomic E-state index is 14.0. The standard InChI is InChI=1S/C30H23BrCl2N4O4S2/c1-35(2)18-8-3-15(4-9-18)23-24-25(28(40)37(27(24)39)19-10-5-16(31)6-11-19)42-29-26(23)43-30(41)36(29)14-22(38)34-17-7-12-20(32)21(33)13-17/h3-13,23-25H,14H2,1-2H3,(H,34,38)/t23-,24-,25+/m0/s1. The van der Waals surface area contributed by atoms with Gasteiger partial charge in [-0.3, -0.25) is 23.7 Å². The Morgan fingerprint density at radius 2 is 1.65 bits per heavy atom. The Balaban J connectivity index is 1.40. The van der Waals surface area contributed by atoms with Gasteiger partial charge in [0.1, 0.15) is 11.8 Å². The number of amides is 3. The van der Waals surface area contributed by atoms with E-state index in [4.69, 9.17) is 23.2 Å². The average Bonchev–Trinajstić information content (AvgIpc) is 3.41. The summed E-state index contributed by atoms with van der Waals surface area (Å²) in [4.78, 5) is 57.9. The second kappa shape index (κ2) is 11.8. The molecule has 3 heterocycles. The fourth-order valence-electron chi connectivity index (χ4n) is 5.36. The number of carbonyl (C=O) groups is 3. The fraction of sp³-hybridized carbons (Fsp3) is 0.200. The van der Waals surface area contributed by atoms with E-state index in [-0.39, 0.29) is 28.3 Å². The molecule has 0 unspecified atom stereocenters. The first-order chi connectivity index (χ1) is 20.5. The van der Waals surface area contributed by atoms with Crippen LogP contribution < -0.4 is 20.0 Å². The second-order valence-corrected chi connectivity index (χ2v) is 14.2. The number of hydrogen-bond acceptors (Lipinski definition) is 7. The molecule has 13 heteroatoms. The summed E-state index contributed by atoms with van der Waals surface area (Å²) >= 11 is 17.7. The van der Waals surface area contributed by atoms with E-state index in [1.807, 2.05) is 43.3 Å². The Morgan fingerprint density at radius 1 is 0.953 bits per heavy atom. The summed E-state index contributed by atoms with van der Waals surface area (Å²) in [6.45, 7) is -0.278. The van der Waals surface area contributed by atoms with Crippen LogP contribution in [0.5, 0.6) is 0 Å². The van der Waals surface area contributed by atoms with Crippen LogP contribution >= 0.6 is 62.2 Å². The van der Waals surface area contributed by atoms with Crippen molar-refractivity contribution in [2.75, 3.05) is 29.2 Å². The molecule has 8 nitrogen and oxygen atoms in total. The lowest BCUT2D eigenvalue weighted by Crippen LogP contribution is -2.33. The van der Waals surface area contributed by atoms with Crippen molar-refractivity contribution in [1.29, 1.82) is 0 Å². The molecule has 0 spiro atoms. The number of hydrogen-bond donors (Lipinski definition) is 1. The monoisotopic (exact) mass is 716 g/mol. The van der Waals surface area contributed by atoms with Crippen LogP contribution in [0.1, 0.15) is 16.4 Å². The summed E-state index contributed by atoms with van der Waals surface area (Å²) in [5, 5.41) is 3.13. The number of halogens is 3. The molecule has 43 heavy (non-hydrogen) atoms. The van der Waals surface area contributed by atoms with Gasteiger partial charge in [0.15, 0.2) is 0 Å². The highest BCUT2D eigenvalue weighted by molar-refractivity contribution is 9.10. The molecule has 1 saturated heterocycles. The number of thioether (sulfide) groups is 1. The van der Waals surface area contributed by atoms with Crippen LogP contribution in [-0.4, -0.2) is 41.6 Å². The Kier molecular flexibility index (Phi) is 8.20. The van der Waals surface area contributed by atoms with Crippen molar-refractivity contribution < 1.29 is 14.4 Å². The molecule has 6 rings (SSSR count). The van der Waals surface area contributed by atoms with Crippen LogP contribution in [0.2, 0.25) is 10.0 Å². The highest BCUT2D eigenvalue weighted by Gasteiger charge is 2.56. The van der Waals surface area contributed by atoms with E-state index in [1.54, 1.807) is 36.4 Å². The third-order valence-corrected chi connectivity index (χ3v) is 11.3. The van der Waals surface area contributed by atoms with Gasteiger partial charge in [0.25, 0.3) is 0 Å². The molecule has 220 valence electrons. The van der Waals surface area contributed by atoms with Crippen molar-refractivity contribution in [2.24, 2.45) is 5.92 Å². The molecule has 2 aliphatic heterocycles. The molecule has 0 aliphatic carbocycles. The number of aromatic nitrogens is 1. The van der Waals surface area contributed by atoms with Crippen molar-refractivity contribution in [1.82, 2.24) is 4.57 Å². The van der Waals surface area contributed by atoms with E-state index in [9.17, 15) is 19.2 Å². The van der Waals surface area contributed by atoms with E-state index >= 15 is 0 Å². The second-order valence-electron chi connectivity index (χ2n) is 10.3. The molecule has 0 radical (unpaired) electrons. The van der Waals surface area contributed by atoms with Gasteiger partial charge in [0.05, 0.1) is 26.7 Å². The van der Waals surface area contributed by atoms with Crippen LogP contribution in [-0.2, 0) is 20.9 Å². The van der Waals surface area contributed by atoms with Crippen LogP contribution in [0, 0.1) is 5.92 Å². The zero-order valence-corrected chi connectivity index (χ0v) is 27.4. The summed E-state index contributed by atoms with van der Waals surface area (Å²) in [5.74, 6) is -2.39. The van der Waals surface area contributed by atoms with Gasteiger partial charge in [-0.1, -0.05) is 74.4 Å². The van der Waals surface area contributed by atoms with E-state index < -0.39 is 23.0 Å². The molecule has 2 aliphatic rings. The lowest BCUT2D eigenvalue weighted by Gasteiger charge is -2.31. The van der Waals surface area contributed by atoms with E-state index in [0.29, 0.717) is 26.3 Å². The van der Waals surface area contributed by atoms with Gasteiger partial charge in [0, 0.05) is 40.7 Å². The molecular formula is C30H23BrCl2N4O4S2. The Labute approximate surface area is 273 Å². The number of rotatable bonds is 6. The number of thiazole rings is 1. The third-order valence-electron chi connectivity index (χ3n) is 7.41. The number of nitrogens with one attached hydrogen (secondary N) is 1. The number of carbonyl (C=O) groups excluding carboxylic acids is 3. The number of imide groups is 1. The van der Waals surface area contributed by atoms with Crippen LogP contribution in [0.25, 0.3) is 0 Å². The zero-order valence-electron chi connectivity index (χ0n) is 22.7. The maximum Gasteiger partial charge on any atom is 0.308 e. The minimum absolute atomic E-state index is 0.278. The molecule has 1 aromatic heterocycles. The average molecular weight is 718 g/mol. The third kappa shape index (κ3) is 5.53. The molecule has 3 aromatic carbocycles. The molecule has 1 N–H and O–H groups in total. The topological polar surface area (TPSA) is 91.7 Å². The Morgan fingerprint density at radius 3 is 2.30 bits per heavy atom. The predicted molar refractivity (Wildman–Crippen MR) is 176 cm³/mol. The van der Waals surface area contributed by atoms with Crippen molar-refractivity contribution >= 4 is 97.0 Å². The molecule has 0 saturated carbocycles. The van der Waals surface area contributed by atoms with E-state index in [1.165, 1.54) is 27.3 Å². The van der Waals surface area contributed by atoms with Crippen molar-refractivity contribution in [3.8, 4) is 0 Å². The summed E-state index contributed by atoms with van der Waals surface area (Å²) in [5.41, 5.74) is 2.71. The van der Waals surface area contributed by atoms with Crippen LogP contribution in [0.3, 0.4) is 0 Å². The smallest absolute Gasteiger partial charge is 0.308 e. The molecular weight excluding hydrogens is 695 g/mol. The number of anilines is 3. The normalized spacial score (nSPS) is 19.3. The number of nitrogens with zero attached hydrogens (tertiary/aromatic N) is 3. The zero-order chi connectivity index (χ0) is 30.6. The molecule has 4 aromatic rings. The molecule has 0 bridgehead atoms. The van der Waals surface area contributed by atoms with Gasteiger partial charge in [-0.05, 0) is 60.2 Å². The lowest BCUT2D eigenvalue weighted by atomic mass is 9.83. The van der Waals surface area contributed by atoms with Gasteiger partial charge in [-0.25, -0.2) is 4.90 Å². The highest BCUT2D eigenvalue weighted by Crippen LogP contribution is 2.54. The minimum atomic E-state index is -0.777. The molecule has 3 amide bonds. The van der Waals surface area contributed by atoms with Crippen LogP contribution in [0.15, 0.2) is 81.0 Å². The maximum atomic E-state index is 14.0. The lowest BCUT2D eigenvalue weighted by molar-refractivity contribution is -0.122. The van der Waals surface area contributed by atoms with Crippen molar-refractivity contribution in [3.05, 3.63) is 101 Å². The minimum Gasteiger partial charge on any atom is -0.378 e. The largest absolute Gasteiger partial charge is 0.378 e. The summed E-state index contributed by atoms with van der Waals surface area (Å²) in [7, 11) is 3.87. The summed E-state index contributed by atoms with van der Waals surface area (Å²) in [6.07, 6.45) is 0. The SMILES string of the molecule is CN(C)c1ccc([C@@H]2c3sc(=O)n(CC(=O)Nc4ccc(Cl)c(Cl)c4)c3S[C@H]3C(=O)N(c4ccc(Br)cc4)C(=O)[C@@H]23)cc1. The fourth-order valence-corrected chi connectivity index (χ4v) is 8.69. The summed E-state index contributed by atoms with van der Waals surface area (Å²) < 4.78 is 2.21. The summed E-state index contributed by atoms with van der Waals surface area (Å²) in [6, 6.07) is 19.5. The highest BCUT2D eigenvalue weighted by atomic mass is 79.9. The van der Waals surface area contributed by atoms with Crippen molar-refractivity contribution in [2.45, 2.75) is 22.7 Å². The molecule has 3 atom stereocenters. The Bertz CT molecular complexity index is 1830. The van der Waals surface area contributed by atoms with E-state index in [2.05, 4.69) is 21.2 Å².